The molecule has 0 radical (unpaired) electrons. The molecule has 5 amide bonds. The van der Waals surface area contributed by atoms with Crippen LogP contribution in [0.5, 0.6) is 0 Å². The van der Waals surface area contributed by atoms with E-state index in [1.807, 2.05) is 0 Å². The Morgan fingerprint density at radius 1 is 0.873 bits per heavy atom. The first-order valence-corrected chi connectivity index (χ1v) is 22.5. The lowest BCUT2D eigenvalue weighted by atomic mass is 9.43. The number of carboxylic acids is 2. The number of nitrogens with one attached hydrogen (secondary N) is 4. The quantitative estimate of drug-likeness (QED) is 0.0933. The van der Waals surface area contributed by atoms with Gasteiger partial charge in [0.15, 0.2) is 0 Å². The van der Waals surface area contributed by atoms with E-state index < -0.39 is 109 Å². The Balaban J connectivity index is 1.30. The summed E-state index contributed by atoms with van der Waals surface area (Å²) in [4.78, 5) is 93.0. The van der Waals surface area contributed by atoms with Crippen LogP contribution in [0.3, 0.4) is 0 Å². The van der Waals surface area contributed by atoms with E-state index in [9.17, 15) is 38.7 Å². The van der Waals surface area contributed by atoms with E-state index in [-0.39, 0.29) is 30.4 Å². The third-order valence-electron chi connectivity index (χ3n) is 14.2. The minimum Gasteiger partial charge on any atom is -0.481 e. The lowest BCUT2D eigenvalue weighted by molar-refractivity contribution is -0.199. The van der Waals surface area contributed by atoms with Gasteiger partial charge in [-0.3, -0.25) is 33.6 Å². The lowest BCUT2D eigenvalue weighted by Gasteiger charge is -2.64. The van der Waals surface area contributed by atoms with Crippen molar-refractivity contribution >= 4 is 48.6 Å². The summed E-state index contributed by atoms with van der Waals surface area (Å²) in [7, 11) is -0.681. The number of hydrogen-bond acceptors (Lipinski definition) is 10. The van der Waals surface area contributed by atoms with Crippen molar-refractivity contribution in [3.05, 3.63) is 34.9 Å². The summed E-state index contributed by atoms with van der Waals surface area (Å²) in [6.07, 6.45) is 2.48. The van der Waals surface area contributed by atoms with Crippen molar-refractivity contribution in [3.8, 4) is 0 Å². The standard InChI is InChI=1S/C45H69BN6O11/c1-23(2)37(50-40(58)30(15-17-35(53)54)48-39(57)29(47)22-36(55)56)42(60)51-38(24(3)4)43(61)52-18-10-11-31(52)41(59)49-34(16-14-27-19-25(5)12-13-26(27)6)46-62-33-21-28-20-32(44(28,7)8)45(33,9)63-46/h12-13,19,23-24,28-34,37-38H,10-11,14-18,20-22,47H2,1-9H3,(H,48,57)(H,49,59)(H,50,58)(H,51,60)(H,53,54)(H,55,56)/t28-,29-,30-,31-,32+,33+,34-,37-,38-,45-/m0/s1. The third kappa shape index (κ3) is 11.2. The maximum absolute atomic E-state index is 14.4. The second-order valence-corrected chi connectivity index (χ2v) is 19.8. The number of aliphatic carboxylic acids is 2. The van der Waals surface area contributed by atoms with Gasteiger partial charge in [-0.15, -0.1) is 0 Å². The van der Waals surface area contributed by atoms with Crippen molar-refractivity contribution < 1.29 is 53.1 Å². The minimum absolute atomic E-state index is 0.0877. The van der Waals surface area contributed by atoms with Crippen molar-refractivity contribution in [1.29, 1.82) is 0 Å². The average molecular weight is 881 g/mol. The van der Waals surface area contributed by atoms with Gasteiger partial charge in [-0.1, -0.05) is 65.3 Å². The van der Waals surface area contributed by atoms with Crippen LogP contribution >= 0.6 is 0 Å². The number of carbonyl (C=O) groups excluding carboxylic acids is 5. The van der Waals surface area contributed by atoms with Crippen molar-refractivity contribution in [2.75, 3.05) is 6.54 Å². The summed E-state index contributed by atoms with van der Waals surface area (Å²) in [5.74, 6) is -6.53. The molecule has 3 aliphatic carbocycles. The first-order chi connectivity index (χ1) is 29.4. The molecule has 2 heterocycles. The Bertz CT molecular complexity index is 1910. The van der Waals surface area contributed by atoms with E-state index in [0.717, 1.165) is 24.0 Å². The number of likely N-dealkylation sites (tertiary alicyclic amines) is 1. The molecule has 0 aromatic heterocycles. The van der Waals surface area contributed by atoms with Crippen LogP contribution in [0.2, 0.25) is 0 Å². The number of nitrogens with two attached hydrogens (primary N) is 1. The minimum atomic E-state index is -1.51. The number of carboxylic acid groups (broad SMARTS) is 2. The average Bonchev–Trinajstić information content (AvgIpc) is 3.84. The van der Waals surface area contributed by atoms with E-state index in [1.165, 1.54) is 10.5 Å². The van der Waals surface area contributed by atoms with Crippen molar-refractivity contribution in [1.82, 2.24) is 26.2 Å². The molecule has 1 aromatic carbocycles. The van der Waals surface area contributed by atoms with Gasteiger partial charge in [0.25, 0.3) is 0 Å². The van der Waals surface area contributed by atoms with Crippen molar-refractivity contribution in [3.63, 3.8) is 0 Å². The first-order valence-electron chi connectivity index (χ1n) is 22.5. The van der Waals surface area contributed by atoms with Crippen LogP contribution in [0.25, 0.3) is 0 Å². The molecular formula is C45H69BN6O11. The molecule has 63 heavy (non-hydrogen) atoms. The Morgan fingerprint density at radius 2 is 1.54 bits per heavy atom. The molecule has 3 saturated carbocycles. The molecule has 0 unspecified atom stereocenters. The van der Waals surface area contributed by atoms with Gasteiger partial charge in [-0.2, -0.15) is 0 Å². The van der Waals surface area contributed by atoms with Crippen LogP contribution in [0.1, 0.15) is 117 Å². The normalized spacial score (nSPS) is 25.8. The molecular weight excluding hydrogens is 811 g/mol. The van der Waals surface area contributed by atoms with Gasteiger partial charge < -0.3 is 51.4 Å². The number of amides is 5. The Hall–Kier alpha value is -4.55. The summed E-state index contributed by atoms with van der Waals surface area (Å²) in [6.45, 7) is 18.0. The van der Waals surface area contributed by atoms with Gasteiger partial charge in [0.2, 0.25) is 29.5 Å². The lowest BCUT2D eigenvalue weighted by Crippen LogP contribution is -2.65. The largest absolute Gasteiger partial charge is 0.481 e. The van der Waals surface area contributed by atoms with E-state index in [1.54, 1.807) is 27.7 Å². The number of hydrogen-bond donors (Lipinski definition) is 7. The van der Waals surface area contributed by atoms with Crippen LogP contribution < -0.4 is 27.0 Å². The second kappa shape index (κ2) is 20.1. The van der Waals surface area contributed by atoms with Gasteiger partial charge >= 0.3 is 19.1 Å². The molecule has 2 saturated heterocycles. The molecule has 5 fully saturated rings. The maximum Gasteiger partial charge on any atom is 0.481 e. The zero-order valence-electron chi connectivity index (χ0n) is 38.3. The summed E-state index contributed by atoms with van der Waals surface area (Å²) in [6, 6.07) is 0.229. The summed E-state index contributed by atoms with van der Waals surface area (Å²) in [5, 5.41) is 29.3. The van der Waals surface area contributed by atoms with Crippen molar-refractivity contribution in [2.24, 2.45) is 34.8 Å². The Kier molecular flexibility index (Phi) is 15.8. The Labute approximate surface area is 371 Å². The number of rotatable bonds is 20. The highest BCUT2D eigenvalue weighted by molar-refractivity contribution is 6.48. The zero-order valence-corrected chi connectivity index (χ0v) is 38.3. The van der Waals surface area contributed by atoms with Gasteiger partial charge in [0.05, 0.1) is 30.1 Å². The highest BCUT2D eigenvalue weighted by Crippen LogP contribution is 2.65. The van der Waals surface area contributed by atoms with Gasteiger partial charge in [-0.05, 0) is 106 Å². The smallest absolute Gasteiger partial charge is 0.481 e. The van der Waals surface area contributed by atoms with Crippen LogP contribution in [-0.2, 0) is 49.3 Å². The zero-order chi connectivity index (χ0) is 46.7. The molecule has 10 atom stereocenters. The summed E-state index contributed by atoms with van der Waals surface area (Å²) < 4.78 is 13.6. The van der Waals surface area contributed by atoms with Gasteiger partial charge in [0, 0.05) is 13.0 Å². The van der Waals surface area contributed by atoms with Crippen LogP contribution in [0, 0.1) is 42.9 Å². The fourth-order valence-electron chi connectivity index (χ4n) is 10.1. The van der Waals surface area contributed by atoms with Crippen LogP contribution in [0.4, 0.5) is 0 Å². The van der Waals surface area contributed by atoms with Crippen LogP contribution in [0.15, 0.2) is 18.2 Å². The third-order valence-corrected chi connectivity index (χ3v) is 14.2. The molecule has 2 aliphatic heterocycles. The van der Waals surface area contributed by atoms with Gasteiger partial charge in [0.1, 0.15) is 24.2 Å². The molecule has 0 spiro atoms. The highest BCUT2D eigenvalue weighted by atomic mass is 16.7. The first kappa shape index (κ1) is 49.5. The number of aryl methyl sites for hydroxylation is 3. The SMILES string of the molecule is Cc1ccc(C)c(CC[C@H](NC(=O)[C@@H]2CCCN2C(=O)[C@@H](NC(=O)[C@@H](NC(=O)[C@H](CCC(=O)O)NC(=O)[C@@H](N)CC(=O)O)C(C)C)C(C)C)B2O[C@@H]3C[C@@H]4C[C@H](C4(C)C)[C@]3(C)O2)c1. The summed E-state index contributed by atoms with van der Waals surface area (Å²) >= 11 is 0. The van der Waals surface area contributed by atoms with Gasteiger partial charge in [-0.25, -0.2) is 0 Å². The highest BCUT2D eigenvalue weighted by Gasteiger charge is 2.68. The molecule has 5 aliphatic rings. The number of carbonyl (C=O) groups is 7. The van der Waals surface area contributed by atoms with Crippen molar-refractivity contribution in [2.45, 2.75) is 168 Å². The number of nitrogens with zero attached hydrogens (tertiary/aromatic N) is 1. The van der Waals surface area contributed by atoms with E-state index >= 15 is 0 Å². The monoisotopic (exact) mass is 881 g/mol. The predicted octanol–water partition coefficient (Wildman–Crippen LogP) is 2.41. The molecule has 6 rings (SSSR count). The second-order valence-electron chi connectivity index (χ2n) is 19.8. The fourth-order valence-corrected chi connectivity index (χ4v) is 10.1. The number of benzene rings is 1. The van der Waals surface area contributed by atoms with Crippen LogP contribution in [-0.4, -0.2) is 118 Å². The molecule has 18 heteroatoms. The van der Waals surface area contributed by atoms with E-state index in [2.05, 4.69) is 74.1 Å². The molecule has 1 aromatic rings. The van der Waals surface area contributed by atoms with E-state index in [0.29, 0.717) is 37.5 Å². The van der Waals surface area contributed by atoms with E-state index in [4.69, 9.17) is 20.1 Å². The maximum atomic E-state index is 14.4. The topological polar surface area (TPSA) is 256 Å². The molecule has 348 valence electrons. The predicted molar refractivity (Wildman–Crippen MR) is 234 cm³/mol. The summed E-state index contributed by atoms with van der Waals surface area (Å²) in [5.41, 5.74) is 8.78. The molecule has 8 N–H and O–H groups in total. The molecule has 2 bridgehead atoms. The fraction of sp³-hybridized carbons (Fsp3) is 0.711. The Morgan fingerprint density at radius 3 is 2.16 bits per heavy atom. The molecule has 17 nitrogen and oxygen atoms in total.